The SMILES string of the molecule is COc1ccccc1C[C@H](C)N(C)C(=O)c1cccn1C. The minimum absolute atomic E-state index is 0.0323. The number of carbonyl (C=O) groups is 1. The van der Waals surface area contributed by atoms with Gasteiger partial charge in [0, 0.05) is 26.3 Å². The highest BCUT2D eigenvalue weighted by Gasteiger charge is 2.20. The number of rotatable bonds is 5. The van der Waals surface area contributed by atoms with Crippen LogP contribution in [0.3, 0.4) is 0 Å². The van der Waals surface area contributed by atoms with Crippen LogP contribution in [-0.2, 0) is 13.5 Å². The average molecular weight is 286 g/mol. The third kappa shape index (κ3) is 3.27. The van der Waals surface area contributed by atoms with Crippen molar-refractivity contribution in [1.29, 1.82) is 0 Å². The van der Waals surface area contributed by atoms with Gasteiger partial charge in [0.05, 0.1) is 7.11 Å². The lowest BCUT2D eigenvalue weighted by Gasteiger charge is -2.25. The summed E-state index contributed by atoms with van der Waals surface area (Å²) < 4.78 is 7.21. The summed E-state index contributed by atoms with van der Waals surface area (Å²) in [5.41, 5.74) is 1.81. The summed E-state index contributed by atoms with van der Waals surface area (Å²) in [4.78, 5) is 14.3. The van der Waals surface area contributed by atoms with Crippen molar-refractivity contribution in [2.45, 2.75) is 19.4 Å². The zero-order chi connectivity index (χ0) is 15.4. The van der Waals surface area contributed by atoms with Crippen LogP contribution in [0.25, 0.3) is 0 Å². The van der Waals surface area contributed by atoms with Crippen molar-refractivity contribution in [3.05, 3.63) is 53.9 Å². The highest BCUT2D eigenvalue weighted by atomic mass is 16.5. The molecule has 0 N–H and O–H groups in total. The van der Waals surface area contributed by atoms with E-state index in [0.29, 0.717) is 5.69 Å². The molecular formula is C17H22N2O2. The second-order valence-electron chi connectivity index (χ2n) is 5.29. The van der Waals surface area contributed by atoms with Crippen LogP contribution in [0, 0.1) is 0 Å². The number of hydrogen-bond acceptors (Lipinski definition) is 2. The van der Waals surface area contributed by atoms with E-state index < -0.39 is 0 Å². The fourth-order valence-corrected chi connectivity index (χ4v) is 2.39. The van der Waals surface area contributed by atoms with Gasteiger partial charge in [-0.1, -0.05) is 18.2 Å². The lowest BCUT2D eigenvalue weighted by atomic mass is 10.0. The molecule has 4 heteroatoms. The number of benzene rings is 1. The van der Waals surface area contributed by atoms with Gasteiger partial charge < -0.3 is 14.2 Å². The minimum Gasteiger partial charge on any atom is -0.496 e. The van der Waals surface area contributed by atoms with Crippen LogP contribution in [0.15, 0.2) is 42.6 Å². The van der Waals surface area contributed by atoms with Crippen LogP contribution >= 0.6 is 0 Å². The number of para-hydroxylation sites is 1. The van der Waals surface area contributed by atoms with E-state index in [1.807, 2.05) is 68.2 Å². The monoisotopic (exact) mass is 286 g/mol. The fourth-order valence-electron chi connectivity index (χ4n) is 2.39. The Kier molecular flexibility index (Phi) is 4.68. The Bertz CT molecular complexity index is 619. The third-order valence-electron chi connectivity index (χ3n) is 3.85. The van der Waals surface area contributed by atoms with Crippen molar-refractivity contribution in [2.24, 2.45) is 7.05 Å². The Morgan fingerprint density at radius 3 is 2.62 bits per heavy atom. The largest absolute Gasteiger partial charge is 0.496 e. The molecule has 0 fully saturated rings. The zero-order valence-electron chi connectivity index (χ0n) is 13.0. The van der Waals surface area contributed by atoms with E-state index in [2.05, 4.69) is 0 Å². The summed E-state index contributed by atoms with van der Waals surface area (Å²) in [5.74, 6) is 0.897. The third-order valence-corrected chi connectivity index (χ3v) is 3.85. The first-order valence-corrected chi connectivity index (χ1v) is 7.05. The predicted octanol–water partition coefficient (Wildman–Crippen LogP) is 2.74. The number of carbonyl (C=O) groups excluding carboxylic acids is 1. The Hall–Kier alpha value is -2.23. The van der Waals surface area contributed by atoms with Gasteiger partial charge >= 0.3 is 0 Å². The highest BCUT2D eigenvalue weighted by Crippen LogP contribution is 2.20. The molecule has 0 unspecified atom stereocenters. The molecule has 0 spiro atoms. The summed E-state index contributed by atoms with van der Waals surface area (Å²) in [5, 5.41) is 0. The van der Waals surface area contributed by atoms with E-state index in [9.17, 15) is 4.79 Å². The quantitative estimate of drug-likeness (QED) is 0.847. The van der Waals surface area contributed by atoms with Crippen LogP contribution in [0.2, 0.25) is 0 Å². The van der Waals surface area contributed by atoms with Crippen LogP contribution in [0.5, 0.6) is 5.75 Å². The number of hydrogen-bond donors (Lipinski definition) is 0. The van der Waals surface area contributed by atoms with E-state index in [1.165, 1.54) is 0 Å². The predicted molar refractivity (Wildman–Crippen MR) is 83.7 cm³/mol. The van der Waals surface area contributed by atoms with Crippen molar-refractivity contribution in [2.75, 3.05) is 14.2 Å². The standard InChI is InChI=1S/C17H22N2O2/c1-13(12-14-8-5-6-10-16(14)21-4)19(3)17(20)15-9-7-11-18(15)2/h5-11,13H,12H2,1-4H3/t13-/m0/s1. The van der Waals surface area contributed by atoms with Gasteiger partial charge in [-0.05, 0) is 37.1 Å². The summed E-state index contributed by atoms with van der Waals surface area (Å²) in [6.45, 7) is 2.05. The second-order valence-corrected chi connectivity index (χ2v) is 5.29. The van der Waals surface area contributed by atoms with Crippen LogP contribution < -0.4 is 4.74 Å². The second kappa shape index (κ2) is 6.48. The molecule has 0 aliphatic heterocycles. The van der Waals surface area contributed by atoms with Gasteiger partial charge in [0.25, 0.3) is 5.91 Å². The van der Waals surface area contributed by atoms with E-state index in [-0.39, 0.29) is 11.9 Å². The van der Waals surface area contributed by atoms with E-state index in [1.54, 1.807) is 12.0 Å². The molecule has 112 valence electrons. The molecule has 0 aliphatic carbocycles. The van der Waals surface area contributed by atoms with Gasteiger partial charge in [0.15, 0.2) is 0 Å². The van der Waals surface area contributed by atoms with Gasteiger partial charge in [0.1, 0.15) is 11.4 Å². The number of methoxy groups -OCH3 is 1. The molecular weight excluding hydrogens is 264 g/mol. The molecule has 2 rings (SSSR count). The molecule has 0 radical (unpaired) electrons. The zero-order valence-corrected chi connectivity index (χ0v) is 13.0. The lowest BCUT2D eigenvalue weighted by Crippen LogP contribution is -2.37. The summed E-state index contributed by atoms with van der Waals surface area (Å²) in [6, 6.07) is 11.7. The maximum Gasteiger partial charge on any atom is 0.270 e. The van der Waals surface area contributed by atoms with Gasteiger partial charge in [-0.2, -0.15) is 0 Å². The van der Waals surface area contributed by atoms with Crippen molar-refractivity contribution in [3.8, 4) is 5.75 Å². The maximum atomic E-state index is 12.5. The molecule has 1 heterocycles. The molecule has 1 aromatic heterocycles. The van der Waals surface area contributed by atoms with E-state index in [4.69, 9.17) is 4.74 Å². The maximum absolute atomic E-state index is 12.5. The van der Waals surface area contributed by atoms with Gasteiger partial charge in [-0.25, -0.2) is 0 Å². The summed E-state index contributed by atoms with van der Waals surface area (Å²) in [6.07, 6.45) is 2.64. The molecule has 0 bridgehead atoms. The molecule has 21 heavy (non-hydrogen) atoms. The first kappa shape index (κ1) is 15.2. The molecule has 4 nitrogen and oxygen atoms in total. The Morgan fingerprint density at radius 1 is 1.29 bits per heavy atom. The molecule has 0 saturated heterocycles. The number of amides is 1. The van der Waals surface area contributed by atoms with Crippen molar-refractivity contribution in [1.82, 2.24) is 9.47 Å². The normalized spacial score (nSPS) is 12.0. The Balaban J connectivity index is 2.11. The minimum atomic E-state index is 0.0323. The summed E-state index contributed by atoms with van der Waals surface area (Å²) in [7, 11) is 5.39. The van der Waals surface area contributed by atoms with Crippen molar-refractivity contribution in [3.63, 3.8) is 0 Å². The van der Waals surface area contributed by atoms with Crippen LogP contribution in [-0.4, -0.2) is 35.6 Å². The first-order chi connectivity index (χ1) is 10.0. The van der Waals surface area contributed by atoms with Crippen molar-refractivity contribution < 1.29 is 9.53 Å². The number of ether oxygens (including phenoxy) is 1. The first-order valence-electron chi connectivity index (χ1n) is 7.05. The van der Waals surface area contributed by atoms with Gasteiger partial charge in [-0.15, -0.1) is 0 Å². The van der Waals surface area contributed by atoms with Gasteiger partial charge in [0.2, 0.25) is 0 Å². The Labute approximate surface area is 125 Å². The molecule has 1 atom stereocenters. The Morgan fingerprint density at radius 2 is 2.00 bits per heavy atom. The summed E-state index contributed by atoms with van der Waals surface area (Å²) >= 11 is 0. The number of aromatic nitrogens is 1. The van der Waals surface area contributed by atoms with E-state index in [0.717, 1.165) is 17.7 Å². The average Bonchev–Trinajstić information content (AvgIpc) is 2.92. The number of nitrogens with zero attached hydrogens (tertiary/aromatic N) is 2. The van der Waals surface area contributed by atoms with Crippen LogP contribution in [0.1, 0.15) is 23.0 Å². The molecule has 0 saturated carbocycles. The molecule has 2 aromatic rings. The molecule has 0 aliphatic rings. The van der Waals surface area contributed by atoms with E-state index >= 15 is 0 Å². The fraction of sp³-hybridized carbons (Fsp3) is 0.353. The molecule has 1 aromatic carbocycles. The topological polar surface area (TPSA) is 34.5 Å². The van der Waals surface area contributed by atoms with Crippen LogP contribution in [0.4, 0.5) is 0 Å². The highest BCUT2D eigenvalue weighted by molar-refractivity contribution is 5.92. The smallest absolute Gasteiger partial charge is 0.270 e. The van der Waals surface area contributed by atoms with Gasteiger partial charge in [-0.3, -0.25) is 4.79 Å². The number of aryl methyl sites for hydroxylation is 1. The van der Waals surface area contributed by atoms with Crippen molar-refractivity contribution >= 4 is 5.91 Å². The number of likely N-dealkylation sites (N-methyl/N-ethyl adjacent to an activating group) is 1. The lowest BCUT2D eigenvalue weighted by molar-refractivity contribution is 0.0733. The molecule has 1 amide bonds.